The maximum atomic E-state index is 9.09. The fraction of sp³-hybridized carbons (Fsp3) is 0.750. The molecule has 0 atom stereocenters. The second kappa shape index (κ2) is 7.98. The van der Waals surface area contributed by atoms with Gasteiger partial charge in [0.15, 0.2) is 5.82 Å². The van der Waals surface area contributed by atoms with Crippen molar-refractivity contribution in [2.24, 2.45) is 0 Å². The summed E-state index contributed by atoms with van der Waals surface area (Å²) >= 11 is 0. The molecular formula is C12H25N5O2. The van der Waals surface area contributed by atoms with Crippen LogP contribution in [-0.4, -0.2) is 71.8 Å². The summed E-state index contributed by atoms with van der Waals surface area (Å²) in [6.45, 7) is 2.64. The average Bonchev–Trinajstić information content (AvgIpc) is 2.70. The third-order valence-electron chi connectivity index (χ3n) is 2.85. The lowest BCUT2D eigenvalue weighted by Crippen LogP contribution is -2.32. The SMILES string of the molecule is CN(C)CCCn1ncc(N)c1N(CCO)CCO. The molecule has 1 rings (SSSR count). The maximum absolute atomic E-state index is 9.09. The molecule has 0 bridgehead atoms. The van der Waals surface area contributed by atoms with Crippen molar-refractivity contribution in [2.45, 2.75) is 13.0 Å². The van der Waals surface area contributed by atoms with Gasteiger partial charge in [-0.1, -0.05) is 0 Å². The van der Waals surface area contributed by atoms with Crippen LogP contribution in [0.4, 0.5) is 11.5 Å². The van der Waals surface area contributed by atoms with Gasteiger partial charge in [0, 0.05) is 19.6 Å². The lowest BCUT2D eigenvalue weighted by molar-refractivity contribution is 0.279. The van der Waals surface area contributed by atoms with Crippen LogP contribution in [-0.2, 0) is 6.54 Å². The molecule has 0 saturated carbocycles. The van der Waals surface area contributed by atoms with Crippen LogP contribution in [0.1, 0.15) is 6.42 Å². The van der Waals surface area contributed by atoms with E-state index in [1.807, 2.05) is 23.7 Å². The first kappa shape index (κ1) is 15.7. The largest absolute Gasteiger partial charge is 0.395 e. The molecule has 0 saturated heterocycles. The van der Waals surface area contributed by atoms with Crippen molar-refractivity contribution in [3.8, 4) is 0 Å². The summed E-state index contributed by atoms with van der Waals surface area (Å²) in [5.74, 6) is 0.779. The van der Waals surface area contributed by atoms with Crippen LogP contribution < -0.4 is 10.6 Å². The Morgan fingerprint density at radius 1 is 1.21 bits per heavy atom. The number of nitrogens with two attached hydrogens (primary N) is 1. The quantitative estimate of drug-likeness (QED) is 0.545. The van der Waals surface area contributed by atoms with Gasteiger partial charge < -0.3 is 25.7 Å². The minimum Gasteiger partial charge on any atom is -0.395 e. The van der Waals surface area contributed by atoms with E-state index in [0.717, 1.165) is 25.3 Å². The van der Waals surface area contributed by atoms with E-state index in [2.05, 4.69) is 10.00 Å². The Morgan fingerprint density at radius 3 is 2.37 bits per heavy atom. The van der Waals surface area contributed by atoms with Crippen molar-refractivity contribution in [3.63, 3.8) is 0 Å². The Balaban J connectivity index is 2.76. The van der Waals surface area contributed by atoms with E-state index >= 15 is 0 Å². The molecule has 19 heavy (non-hydrogen) atoms. The number of nitrogens with zero attached hydrogens (tertiary/aromatic N) is 4. The third kappa shape index (κ3) is 4.70. The molecule has 0 fully saturated rings. The van der Waals surface area contributed by atoms with Crippen molar-refractivity contribution < 1.29 is 10.2 Å². The average molecular weight is 271 g/mol. The summed E-state index contributed by atoms with van der Waals surface area (Å²) in [7, 11) is 4.06. The predicted octanol–water partition coefficient (Wildman–Crippen LogP) is -0.792. The molecule has 0 aliphatic rings. The lowest BCUT2D eigenvalue weighted by atomic mass is 10.3. The maximum Gasteiger partial charge on any atom is 0.150 e. The van der Waals surface area contributed by atoms with Gasteiger partial charge in [-0.25, -0.2) is 4.68 Å². The second-order valence-corrected chi connectivity index (χ2v) is 4.74. The van der Waals surface area contributed by atoms with Gasteiger partial charge in [0.05, 0.1) is 25.1 Å². The molecular weight excluding hydrogens is 246 g/mol. The molecule has 0 aliphatic heterocycles. The number of hydrogen-bond donors (Lipinski definition) is 3. The first-order chi connectivity index (χ1) is 9.10. The Labute approximate surface area is 114 Å². The highest BCUT2D eigenvalue weighted by atomic mass is 16.3. The summed E-state index contributed by atoms with van der Waals surface area (Å²) in [5, 5.41) is 22.5. The summed E-state index contributed by atoms with van der Waals surface area (Å²) in [6, 6.07) is 0. The highest BCUT2D eigenvalue weighted by Crippen LogP contribution is 2.22. The summed E-state index contributed by atoms with van der Waals surface area (Å²) in [5.41, 5.74) is 6.51. The number of aromatic nitrogens is 2. The van der Waals surface area contributed by atoms with Crippen LogP contribution >= 0.6 is 0 Å². The molecule has 0 radical (unpaired) electrons. The van der Waals surface area contributed by atoms with Gasteiger partial charge in [-0.3, -0.25) is 0 Å². The number of nitrogen functional groups attached to an aromatic ring is 1. The molecule has 0 aliphatic carbocycles. The van der Waals surface area contributed by atoms with Gasteiger partial charge in [-0.05, 0) is 27.1 Å². The first-order valence-electron chi connectivity index (χ1n) is 6.52. The zero-order valence-electron chi connectivity index (χ0n) is 11.8. The fourth-order valence-corrected chi connectivity index (χ4v) is 2.00. The van der Waals surface area contributed by atoms with E-state index in [1.165, 1.54) is 0 Å². The molecule has 1 heterocycles. The number of aliphatic hydroxyl groups is 2. The zero-order chi connectivity index (χ0) is 14.3. The minimum absolute atomic E-state index is 0.0162. The van der Waals surface area contributed by atoms with Gasteiger partial charge in [0.25, 0.3) is 0 Å². The topological polar surface area (TPSA) is 90.8 Å². The molecule has 7 nitrogen and oxygen atoms in total. The number of hydrogen-bond acceptors (Lipinski definition) is 6. The molecule has 0 spiro atoms. The van der Waals surface area contributed by atoms with E-state index < -0.39 is 0 Å². The third-order valence-corrected chi connectivity index (χ3v) is 2.85. The fourth-order valence-electron chi connectivity index (χ4n) is 2.00. The van der Waals surface area contributed by atoms with Crippen LogP contribution in [0.25, 0.3) is 0 Å². The molecule has 110 valence electrons. The smallest absolute Gasteiger partial charge is 0.150 e. The van der Waals surface area contributed by atoms with Crippen LogP contribution in [0.15, 0.2) is 6.20 Å². The van der Waals surface area contributed by atoms with Crippen LogP contribution in [0, 0.1) is 0 Å². The van der Waals surface area contributed by atoms with Crippen molar-refractivity contribution in [1.82, 2.24) is 14.7 Å². The van der Waals surface area contributed by atoms with Gasteiger partial charge >= 0.3 is 0 Å². The van der Waals surface area contributed by atoms with E-state index in [0.29, 0.717) is 18.8 Å². The molecule has 0 unspecified atom stereocenters. The zero-order valence-corrected chi connectivity index (χ0v) is 11.8. The first-order valence-corrected chi connectivity index (χ1v) is 6.52. The van der Waals surface area contributed by atoms with Crippen molar-refractivity contribution in [2.75, 3.05) is 57.6 Å². The standard InChI is InChI=1S/C12H25N5O2/c1-15(2)4-3-5-17-12(11(13)10-14-17)16(6-8-18)7-9-19/h10,18-19H,3-9,13H2,1-2H3. The van der Waals surface area contributed by atoms with Crippen molar-refractivity contribution >= 4 is 11.5 Å². The highest BCUT2D eigenvalue weighted by Gasteiger charge is 2.15. The summed E-state index contributed by atoms with van der Waals surface area (Å²) in [4.78, 5) is 3.98. The Kier molecular flexibility index (Phi) is 6.61. The summed E-state index contributed by atoms with van der Waals surface area (Å²) < 4.78 is 1.84. The minimum atomic E-state index is 0.0162. The van der Waals surface area contributed by atoms with Crippen LogP contribution in [0.5, 0.6) is 0 Å². The predicted molar refractivity (Wildman–Crippen MR) is 76.2 cm³/mol. The molecule has 1 aromatic rings. The molecule has 0 aromatic carbocycles. The van der Waals surface area contributed by atoms with Crippen molar-refractivity contribution in [1.29, 1.82) is 0 Å². The second-order valence-electron chi connectivity index (χ2n) is 4.74. The number of anilines is 2. The van der Waals surface area contributed by atoms with E-state index in [1.54, 1.807) is 6.20 Å². The Morgan fingerprint density at radius 2 is 1.84 bits per heavy atom. The summed E-state index contributed by atoms with van der Waals surface area (Å²) in [6.07, 6.45) is 2.58. The van der Waals surface area contributed by atoms with Gasteiger partial charge in [0.2, 0.25) is 0 Å². The monoisotopic (exact) mass is 271 g/mol. The Bertz CT molecular complexity index is 361. The molecule has 4 N–H and O–H groups in total. The molecule has 1 aromatic heterocycles. The Hall–Kier alpha value is -1.31. The number of aliphatic hydroxyl groups excluding tert-OH is 2. The molecule has 7 heteroatoms. The van der Waals surface area contributed by atoms with Gasteiger partial charge in [0.1, 0.15) is 0 Å². The van der Waals surface area contributed by atoms with Gasteiger partial charge in [-0.15, -0.1) is 0 Å². The van der Waals surface area contributed by atoms with E-state index in [9.17, 15) is 0 Å². The van der Waals surface area contributed by atoms with Gasteiger partial charge in [-0.2, -0.15) is 5.10 Å². The van der Waals surface area contributed by atoms with E-state index in [-0.39, 0.29) is 13.2 Å². The highest BCUT2D eigenvalue weighted by molar-refractivity contribution is 5.62. The van der Waals surface area contributed by atoms with Crippen molar-refractivity contribution in [3.05, 3.63) is 6.20 Å². The number of aryl methyl sites for hydroxylation is 1. The normalized spacial score (nSPS) is 11.2. The van der Waals surface area contributed by atoms with Crippen LogP contribution in [0.3, 0.4) is 0 Å². The number of rotatable bonds is 9. The molecule has 0 amide bonds. The van der Waals surface area contributed by atoms with Crippen LogP contribution in [0.2, 0.25) is 0 Å². The lowest BCUT2D eigenvalue weighted by Gasteiger charge is -2.24. The van der Waals surface area contributed by atoms with E-state index in [4.69, 9.17) is 15.9 Å².